The van der Waals surface area contributed by atoms with Crippen LogP contribution in [0.3, 0.4) is 0 Å². The summed E-state index contributed by atoms with van der Waals surface area (Å²) in [5.41, 5.74) is 6.30. The molecule has 1 aromatic heterocycles. The molecule has 1 fully saturated rings. The van der Waals surface area contributed by atoms with Crippen LogP contribution < -0.4 is 5.32 Å². The highest BCUT2D eigenvalue weighted by atomic mass is 16.5. The van der Waals surface area contributed by atoms with E-state index in [0.717, 1.165) is 33.4 Å². The minimum absolute atomic E-state index is 0.0203. The van der Waals surface area contributed by atoms with E-state index in [4.69, 9.17) is 9.26 Å². The van der Waals surface area contributed by atoms with Gasteiger partial charge in [0, 0.05) is 5.56 Å². The second-order valence-corrected chi connectivity index (χ2v) is 9.86. The Bertz CT molecular complexity index is 1470. The Morgan fingerprint density at radius 1 is 0.974 bits per heavy atom. The first kappa shape index (κ1) is 25.3. The summed E-state index contributed by atoms with van der Waals surface area (Å²) < 4.78 is 11.2. The second-order valence-electron chi connectivity index (χ2n) is 9.86. The van der Waals surface area contributed by atoms with Gasteiger partial charge in [-0.2, -0.15) is 0 Å². The second kappa shape index (κ2) is 10.2. The van der Waals surface area contributed by atoms with E-state index in [-0.39, 0.29) is 18.6 Å². The number of rotatable bonds is 9. The van der Waals surface area contributed by atoms with E-state index in [0.29, 0.717) is 30.0 Å². The number of carboxylic acid groups (broad SMARTS) is 1. The van der Waals surface area contributed by atoms with E-state index in [9.17, 15) is 14.7 Å². The van der Waals surface area contributed by atoms with Gasteiger partial charge >= 0.3 is 11.9 Å². The Kier molecular flexibility index (Phi) is 6.76. The molecule has 194 valence electrons. The standard InChI is InChI=1S/C31H30N2O5/c1-19-6-4-5-7-26(19)21(3)37-27(34)18-32-28-20(2)33-38-29(28)24-10-8-22(9-11-24)23-12-14-25(15-13-23)31(16-17-31)30(35)36/h4-15,21,32H,16-18H2,1-3H3,(H,35,36)/t21-/m1/s1. The van der Waals surface area contributed by atoms with Crippen LogP contribution in [0.5, 0.6) is 0 Å². The van der Waals surface area contributed by atoms with E-state index < -0.39 is 11.4 Å². The van der Waals surface area contributed by atoms with Gasteiger partial charge in [-0.1, -0.05) is 78.0 Å². The predicted octanol–water partition coefficient (Wildman–Crippen LogP) is 6.46. The molecule has 0 bridgehead atoms. The Morgan fingerprint density at radius 2 is 1.58 bits per heavy atom. The molecule has 7 heteroatoms. The van der Waals surface area contributed by atoms with Gasteiger partial charge in [0.05, 0.1) is 5.41 Å². The number of aromatic nitrogens is 1. The Hall–Kier alpha value is -4.39. The van der Waals surface area contributed by atoms with Crippen molar-refractivity contribution in [2.24, 2.45) is 0 Å². The molecular formula is C31H30N2O5. The normalized spacial score (nSPS) is 14.5. The van der Waals surface area contributed by atoms with Crippen LogP contribution in [-0.2, 0) is 19.7 Å². The summed E-state index contributed by atoms with van der Waals surface area (Å²) in [6, 6.07) is 23.4. The number of anilines is 1. The fraction of sp³-hybridized carbons (Fsp3) is 0.258. The zero-order valence-corrected chi connectivity index (χ0v) is 21.7. The maximum atomic E-state index is 12.6. The maximum Gasteiger partial charge on any atom is 0.325 e. The van der Waals surface area contributed by atoms with Crippen molar-refractivity contribution in [3.8, 4) is 22.5 Å². The SMILES string of the molecule is Cc1ccccc1[C@@H](C)OC(=O)CNc1c(C)noc1-c1ccc(-c2ccc(C3(C(=O)O)CC3)cc2)cc1. The third kappa shape index (κ3) is 4.92. The summed E-state index contributed by atoms with van der Waals surface area (Å²) in [5, 5.41) is 16.7. The first-order valence-electron chi connectivity index (χ1n) is 12.7. The zero-order chi connectivity index (χ0) is 26.9. The molecule has 1 saturated carbocycles. The summed E-state index contributed by atoms with van der Waals surface area (Å²) in [6.45, 7) is 5.65. The number of hydrogen-bond acceptors (Lipinski definition) is 6. The third-order valence-corrected chi connectivity index (χ3v) is 7.28. The van der Waals surface area contributed by atoms with Crippen LogP contribution in [0, 0.1) is 13.8 Å². The first-order chi connectivity index (χ1) is 18.3. The van der Waals surface area contributed by atoms with Crippen molar-refractivity contribution < 1.29 is 24.0 Å². The lowest BCUT2D eigenvalue weighted by atomic mass is 9.93. The highest BCUT2D eigenvalue weighted by Crippen LogP contribution is 2.48. The van der Waals surface area contributed by atoms with Gasteiger partial charge in [0.15, 0.2) is 5.76 Å². The van der Waals surface area contributed by atoms with Gasteiger partial charge in [0.1, 0.15) is 24.0 Å². The van der Waals surface area contributed by atoms with Crippen LogP contribution in [0.15, 0.2) is 77.3 Å². The molecule has 0 saturated heterocycles. The minimum Gasteiger partial charge on any atom is -0.481 e. The smallest absolute Gasteiger partial charge is 0.325 e. The van der Waals surface area contributed by atoms with Gasteiger partial charge in [0.2, 0.25) is 0 Å². The lowest BCUT2D eigenvalue weighted by Gasteiger charge is -2.16. The van der Waals surface area contributed by atoms with Crippen LogP contribution >= 0.6 is 0 Å². The Labute approximate surface area is 221 Å². The number of benzene rings is 3. The number of carbonyl (C=O) groups excluding carboxylic acids is 1. The summed E-state index contributed by atoms with van der Waals surface area (Å²) in [6.07, 6.45) is 1.02. The molecule has 1 aliphatic rings. The fourth-order valence-corrected chi connectivity index (χ4v) is 4.83. The highest BCUT2D eigenvalue weighted by molar-refractivity contribution is 5.85. The number of ether oxygens (including phenoxy) is 1. The number of hydrogen-bond donors (Lipinski definition) is 2. The number of esters is 1. The summed E-state index contributed by atoms with van der Waals surface area (Å²) in [5.74, 6) is -0.585. The van der Waals surface area contributed by atoms with Gasteiger partial charge in [0.25, 0.3) is 0 Å². The number of carboxylic acids is 1. The summed E-state index contributed by atoms with van der Waals surface area (Å²) >= 11 is 0. The van der Waals surface area contributed by atoms with Crippen LogP contribution in [0.1, 0.15) is 48.3 Å². The van der Waals surface area contributed by atoms with Crippen molar-refractivity contribution in [3.63, 3.8) is 0 Å². The topological polar surface area (TPSA) is 102 Å². The lowest BCUT2D eigenvalue weighted by Crippen LogP contribution is -2.19. The van der Waals surface area contributed by atoms with Crippen LogP contribution in [0.2, 0.25) is 0 Å². The molecule has 2 N–H and O–H groups in total. The Morgan fingerprint density at radius 3 is 2.18 bits per heavy atom. The van der Waals surface area contributed by atoms with Crippen molar-refractivity contribution in [1.29, 1.82) is 0 Å². The largest absolute Gasteiger partial charge is 0.481 e. The van der Waals surface area contributed by atoms with Gasteiger partial charge in [-0.15, -0.1) is 0 Å². The van der Waals surface area contributed by atoms with Crippen molar-refractivity contribution >= 4 is 17.6 Å². The van der Waals surface area contributed by atoms with Crippen molar-refractivity contribution in [1.82, 2.24) is 5.16 Å². The molecule has 0 unspecified atom stereocenters. The van der Waals surface area contributed by atoms with Gasteiger partial charge in [-0.05, 0) is 61.4 Å². The number of nitrogens with zero attached hydrogens (tertiary/aromatic N) is 1. The number of carbonyl (C=O) groups is 2. The molecule has 0 radical (unpaired) electrons. The first-order valence-corrected chi connectivity index (χ1v) is 12.7. The van der Waals surface area contributed by atoms with E-state index in [2.05, 4.69) is 10.5 Å². The van der Waals surface area contributed by atoms with Gasteiger partial charge in [-0.25, -0.2) is 0 Å². The van der Waals surface area contributed by atoms with Crippen molar-refractivity contribution in [2.75, 3.05) is 11.9 Å². The van der Waals surface area contributed by atoms with Gasteiger partial charge in [-0.3, -0.25) is 9.59 Å². The molecular weight excluding hydrogens is 480 g/mol. The average Bonchev–Trinajstić information content (AvgIpc) is 3.66. The number of aryl methyl sites for hydroxylation is 2. The summed E-state index contributed by atoms with van der Waals surface area (Å²) in [4.78, 5) is 24.2. The summed E-state index contributed by atoms with van der Waals surface area (Å²) in [7, 11) is 0. The van der Waals surface area contributed by atoms with Crippen molar-refractivity contribution in [2.45, 2.75) is 45.1 Å². The molecule has 7 nitrogen and oxygen atoms in total. The van der Waals surface area contributed by atoms with Crippen LogP contribution in [-0.4, -0.2) is 28.7 Å². The van der Waals surface area contributed by atoms with E-state index in [1.807, 2.05) is 93.6 Å². The van der Waals surface area contributed by atoms with E-state index >= 15 is 0 Å². The Balaban J connectivity index is 1.25. The fourth-order valence-electron chi connectivity index (χ4n) is 4.83. The third-order valence-electron chi connectivity index (χ3n) is 7.28. The monoisotopic (exact) mass is 510 g/mol. The zero-order valence-electron chi connectivity index (χ0n) is 21.7. The average molecular weight is 511 g/mol. The van der Waals surface area contributed by atoms with Crippen LogP contribution in [0.25, 0.3) is 22.5 Å². The molecule has 4 aromatic rings. The van der Waals surface area contributed by atoms with Crippen molar-refractivity contribution in [3.05, 3.63) is 95.2 Å². The molecule has 0 amide bonds. The minimum atomic E-state index is -0.754. The maximum absolute atomic E-state index is 12.6. The quantitative estimate of drug-likeness (QED) is 0.249. The van der Waals surface area contributed by atoms with E-state index in [1.165, 1.54) is 0 Å². The van der Waals surface area contributed by atoms with Gasteiger partial charge < -0.3 is 19.7 Å². The molecule has 1 aliphatic carbocycles. The molecule has 5 rings (SSSR count). The number of aliphatic carboxylic acids is 1. The number of nitrogens with one attached hydrogen (secondary N) is 1. The molecule has 0 aliphatic heterocycles. The molecule has 1 atom stereocenters. The molecule has 38 heavy (non-hydrogen) atoms. The van der Waals surface area contributed by atoms with E-state index in [1.54, 1.807) is 0 Å². The highest BCUT2D eigenvalue weighted by Gasteiger charge is 2.51. The molecule has 3 aromatic carbocycles. The van der Waals surface area contributed by atoms with Crippen LogP contribution in [0.4, 0.5) is 5.69 Å². The molecule has 0 spiro atoms. The lowest BCUT2D eigenvalue weighted by molar-refractivity contribution is -0.146. The predicted molar refractivity (Wildman–Crippen MR) is 145 cm³/mol. The molecule has 1 heterocycles.